The minimum absolute atomic E-state index is 0.340. The Labute approximate surface area is 189 Å². The number of aromatic amines is 1. The average Bonchev–Trinajstić information content (AvgIpc) is 3.48. The lowest BCUT2D eigenvalue weighted by atomic mass is 9.98. The van der Waals surface area contributed by atoms with Gasteiger partial charge < -0.3 is 0 Å². The van der Waals surface area contributed by atoms with E-state index < -0.39 is 0 Å². The van der Waals surface area contributed by atoms with E-state index in [1.807, 2.05) is 18.2 Å². The van der Waals surface area contributed by atoms with Crippen molar-refractivity contribution < 1.29 is 0 Å². The van der Waals surface area contributed by atoms with Gasteiger partial charge in [-0.3, -0.25) is 0 Å². The van der Waals surface area contributed by atoms with Crippen molar-refractivity contribution >= 4 is 0 Å². The fourth-order valence-corrected chi connectivity index (χ4v) is 3.77. The molecule has 0 bridgehead atoms. The van der Waals surface area contributed by atoms with Crippen molar-refractivity contribution in [3.63, 3.8) is 0 Å². The summed E-state index contributed by atoms with van der Waals surface area (Å²) in [5, 5.41) is 19.2. The number of nitrogens with zero attached hydrogens (tertiary/aromatic N) is 6. The summed E-state index contributed by atoms with van der Waals surface area (Å²) in [6, 6.07) is 17.1. The first kappa shape index (κ1) is 21.9. The standard InChI is InChI=1S/C25H31N7/c1-5-18(4)32-24(26-23(29-32)15-10-17(2)3)16-19-11-13-20(14-12-19)21-8-6-7-9-22(21)25-27-30-31-28-25/h6-9,11-14,17-18H,5,10,15-16H2,1-4H3,(H,27,28,30,31). The van der Waals surface area contributed by atoms with Crippen LogP contribution in [0.1, 0.15) is 63.8 Å². The first-order valence-electron chi connectivity index (χ1n) is 11.4. The van der Waals surface area contributed by atoms with Crippen LogP contribution in [-0.2, 0) is 12.8 Å². The van der Waals surface area contributed by atoms with Crippen molar-refractivity contribution in [2.24, 2.45) is 5.92 Å². The summed E-state index contributed by atoms with van der Waals surface area (Å²) in [5.74, 6) is 3.32. The fraction of sp³-hybridized carbons (Fsp3) is 0.400. The van der Waals surface area contributed by atoms with E-state index in [2.05, 4.69) is 83.3 Å². The third-order valence-electron chi connectivity index (χ3n) is 5.85. The lowest BCUT2D eigenvalue weighted by molar-refractivity contribution is 0.456. The number of aryl methyl sites for hydroxylation is 1. The highest BCUT2D eigenvalue weighted by atomic mass is 15.5. The number of hydrogen-bond acceptors (Lipinski definition) is 5. The average molecular weight is 430 g/mol. The molecule has 166 valence electrons. The Balaban J connectivity index is 1.57. The van der Waals surface area contributed by atoms with Crippen molar-refractivity contribution in [3.8, 4) is 22.5 Å². The summed E-state index contributed by atoms with van der Waals surface area (Å²) in [5.41, 5.74) is 4.43. The highest BCUT2D eigenvalue weighted by molar-refractivity contribution is 5.80. The van der Waals surface area contributed by atoms with Crippen LogP contribution >= 0.6 is 0 Å². The Morgan fingerprint density at radius 1 is 0.969 bits per heavy atom. The first-order chi connectivity index (χ1) is 15.5. The number of rotatable bonds is 9. The molecule has 0 aliphatic heterocycles. The van der Waals surface area contributed by atoms with Crippen LogP contribution in [0.4, 0.5) is 0 Å². The third kappa shape index (κ3) is 4.93. The minimum Gasteiger partial charge on any atom is -0.247 e. The lowest BCUT2D eigenvalue weighted by Gasteiger charge is -2.12. The zero-order valence-corrected chi connectivity index (χ0v) is 19.3. The van der Waals surface area contributed by atoms with Crippen LogP contribution in [0, 0.1) is 5.92 Å². The van der Waals surface area contributed by atoms with Crippen LogP contribution < -0.4 is 0 Å². The highest BCUT2D eigenvalue weighted by Gasteiger charge is 2.15. The summed E-state index contributed by atoms with van der Waals surface area (Å²) in [6.07, 6.45) is 3.85. The van der Waals surface area contributed by atoms with Gasteiger partial charge >= 0.3 is 0 Å². The predicted molar refractivity (Wildman–Crippen MR) is 126 cm³/mol. The van der Waals surface area contributed by atoms with Crippen molar-refractivity contribution in [3.05, 3.63) is 65.7 Å². The van der Waals surface area contributed by atoms with Gasteiger partial charge in [0.25, 0.3) is 0 Å². The monoisotopic (exact) mass is 429 g/mol. The van der Waals surface area contributed by atoms with Crippen molar-refractivity contribution in [1.29, 1.82) is 0 Å². The van der Waals surface area contributed by atoms with Crippen molar-refractivity contribution in [1.82, 2.24) is 35.4 Å². The summed E-state index contributed by atoms with van der Waals surface area (Å²) >= 11 is 0. The molecule has 0 saturated carbocycles. The quantitative estimate of drug-likeness (QED) is 0.391. The van der Waals surface area contributed by atoms with Gasteiger partial charge in [0.2, 0.25) is 0 Å². The largest absolute Gasteiger partial charge is 0.247 e. The Hall–Kier alpha value is -3.35. The maximum atomic E-state index is 4.90. The molecule has 32 heavy (non-hydrogen) atoms. The van der Waals surface area contributed by atoms with Crippen molar-refractivity contribution in [2.75, 3.05) is 0 Å². The first-order valence-corrected chi connectivity index (χ1v) is 11.4. The number of H-pyrrole nitrogens is 1. The number of benzene rings is 2. The van der Waals surface area contributed by atoms with E-state index in [0.717, 1.165) is 54.0 Å². The molecule has 0 saturated heterocycles. The predicted octanol–water partition coefficient (Wildman–Crippen LogP) is 5.28. The van der Waals surface area contributed by atoms with Gasteiger partial charge in [-0.25, -0.2) is 14.8 Å². The van der Waals surface area contributed by atoms with E-state index in [4.69, 9.17) is 10.1 Å². The second-order valence-corrected chi connectivity index (χ2v) is 8.75. The molecular weight excluding hydrogens is 398 g/mol. The van der Waals surface area contributed by atoms with Gasteiger partial charge in [0.1, 0.15) is 5.82 Å². The normalized spacial score (nSPS) is 12.4. The van der Waals surface area contributed by atoms with E-state index in [9.17, 15) is 0 Å². The summed E-state index contributed by atoms with van der Waals surface area (Å²) < 4.78 is 2.12. The number of hydrogen-bond donors (Lipinski definition) is 1. The molecule has 0 fully saturated rings. The van der Waals surface area contributed by atoms with E-state index in [1.54, 1.807) is 0 Å². The molecule has 7 heteroatoms. The highest BCUT2D eigenvalue weighted by Crippen LogP contribution is 2.30. The summed E-state index contributed by atoms with van der Waals surface area (Å²) in [6.45, 7) is 8.89. The molecule has 4 rings (SSSR count). The SMILES string of the molecule is CCC(C)n1nc(CCC(C)C)nc1Cc1ccc(-c2ccccc2-c2nnn[nH]2)cc1. The maximum Gasteiger partial charge on any atom is 0.180 e. The van der Waals surface area contributed by atoms with Crippen LogP contribution in [0.15, 0.2) is 48.5 Å². The Bertz CT molecular complexity index is 1130. The molecule has 1 N–H and O–H groups in total. The zero-order chi connectivity index (χ0) is 22.5. The zero-order valence-electron chi connectivity index (χ0n) is 19.3. The molecule has 0 aliphatic rings. The van der Waals surface area contributed by atoms with Gasteiger partial charge in [-0.05, 0) is 52.8 Å². The number of nitrogens with one attached hydrogen (secondary N) is 1. The van der Waals surface area contributed by atoms with Gasteiger partial charge in [0, 0.05) is 18.4 Å². The smallest absolute Gasteiger partial charge is 0.180 e. The molecule has 0 radical (unpaired) electrons. The second kappa shape index (κ2) is 9.85. The molecule has 0 amide bonds. The van der Waals surface area contributed by atoms with Gasteiger partial charge in [0.15, 0.2) is 11.6 Å². The van der Waals surface area contributed by atoms with Gasteiger partial charge in [-0.2, -0.15) is 5.10 Å². The topological polar surface area (TPSA) is 85.2 Å². The van der Waals surface area contributed by atoms with E-state index >= 15 is 0 Å². The summed E-state index contributed by atoms with van der Waals surface area (Å²) in [4.78, 5) is 4.90. The van der Waals surface area contributed by atoms with Gasteiger partial charge in [-0.15, -0.1) is 5.10 Å². The molecule has 0 aliphatic carbocycles. The number of aromatic nitrogens is 7. The molecule has 2 aromatic heterocycles. The lowest BCUT2D eigenvalue weighted by Crippen LogP contribution is -2.11. The van der Waals surface area contributed by atoms with Crippen LogP contribution in [0.3, 0.4) is 0 Å². The molecule has 1 unspecified atom stereocenters. The van der Waals surface area contributed by atoms with Crippen LogP contribution in [0.2, 0.25) is 0 Å². The number of tetrazole rings is 1. The minimum atomic E-state index is 0.340. The third-order valence-corrected chi connectivity index (χ3v) is 5.85. The summed E-state index contributed by atoms with van der Waals surface area (Å²) in [7, 11) is 0. The maximum absolute atomic E-state index is 4.90. The molecule has 0 spiro atoms. The van der Waals surface area contributed by atoms with Crippen molar-refractivity contribution in [2.45, 2.75) is 59.4 Å². The Morgan fingerprint density at radius 2 is 1.72 bits per heavy atom. The van der Waals surface area contributed by atoms with E-state index in [-0.39, 0.29) is 0 Å². The van der Waals surface area contributed by atoms with Gasteiger partial charge in [0.05, 0.1) is 6.04 Å². The molecule has 2 aromatic carbocycles. The van der Waals surface area contributed by atoms with E-state index in [1.165, 1.54) is 5.56 Å². The second-order valence-electron chi connectivity index (χ2n) is 8.75. The van der Waals surface area contributed by atoms with Crippen LogP contribution in [0.25, 0.3) is 22.5 Å². The Kier molecular flexibility index (Phi) is 6.73. The molecule has 7 nitrogen and oxygen atoms in total. The fourth-order valence-electron chi connectivity index (χ4n) is 3.77. The van der Waals surface area contributed by atoms with Crippen LogP contribution in [-0.4, -0.2) is 35.4 Å². The van der Waals surface area contributed by atoms with Crippen LogP contribution in [0.5, 0.6) is 0 Å². The molecular formula is C25H31N7. The molecule has 4 aromatic rings. The molecule has 2 heterocycles. The van der Waals surface area contributed by atoms with Gasteiger partial charge in [-0.1, -0.05) is 69.3 Å². The molecule has 1 atom stereocenters. The Morgan fingerprint density at radius 3 is 2.38 bits per heavy atom. The van der Waals surface area contributed by atoms with E-state index in [0.29, 0.717) is 17.8 Å².